The highest BCUT2D eigenvalue weighted by Crippen LogP contribution is 2.33. The van der Waals surface area contributed by atoms with Crippen molar-refractivity contribution < 1.29 is 24.9 Å². The van der Waals surface area contributed by atoms with E-state index in [9.17, 15) is 20.1 Å². The van der Waals surface area contributed by atoms with Crippen LogP contribution in [0.5, 0.6) is 0 Å². The topological polar surface area (TPSA) is 87.0 Å². The first-order valence-electron chi connectivity index (χ1n) is 9.63. The van der Waals surface area contributed by atoms with E-state index in [4.69, 9.17) is 4.74 Å². The number of Topliss-reactive ketones (excluding diaryl/α,β-unsaturated/α-hetero) is 1. The van der Waals surface area contributed by atoms with Crippen LogP contribution in [0.4, 0.5) is 0 Å². The maximum Gasteiger partial charge on any atom is 0.177 e. The number of carbonyl (C=O) groups is 1. The van der Waals surface area contributed by atoms with Crippen molar-refractivity contribution in [2.24, 2.45) is 0 Å². The van der Waals surface area contributed by atoms with Gasteiger partial charge in [0.15, 0.2) is 11.4 Å². The molecule has 0 aromatic rings. The molecule has 1 rings (SSSR count). The number of hydrogen-bond donors (Lipinski definition) is 3. The van der Waals surface area contributed by atoms with Crippen LogP contribution in [0.1, 0.15) is 84.0 Å². The Bertz CT molecular complexity index is 360. The van der Waals surface area contributed by atoms with Crippen molar-refractivity contribution in [3.63, 3.8) is 0 Å². The minimum atomic E-state index is -2.07. The molecule has 0 unspecified atom stereocenters. The van der Waals surface area contributed by atoms with Crippen molar-refractivity contribution >= 4 is 5.78 Å². The van der Waals surface area contributed by atoms with Gasteiger partial charge < -0.3 is 20.1 Å². The molecule has 1 aliphatic rings. The molecule has 0 aromatic heterocycles. The van der Waals surface area contributed by atoms with Crippen molar-refractivity contribution in [3.8, 4) is 0 Å². The lowest BCUT2D eigenvalue weighted by Crippen LogP contribution is -2.55. The second-order valence-electron chi connectivity index (χ2n) is 7.16. The molecule has 5 heteroatoms. The van der Waals surface area contributed by atoms with Gasteiger partial charge in [-0.3, -0.25) is 4.79 Å². The highest BCUT2D eigenvalue weighted by molar-refractivity contribution is 5.91. The Morgan fingerprint density at radius 1 is 1.08 bits per heavy atom. The van der Waals surface area contributed by atoms with Gasteiger partial charge in [-0.2, -0.15) is 0 Å². The second-order valence-corrected chi connectivity index (χ2v) is 7.16. The van der Waals surface area contributed by atoms with Gasteiger partial charge in [0.25, 0.3) is 0 Å². The summed E-state index contributed by atoms with van der Waals surface area (Å²) in [5.74, 6) is -0.526. The van der Waals surface area contributed by atoms with E-state index in [1.807, 2.05) is 0 Å². The van der Waals surface area contributed by atoms with Crippen molar-refractivity contribution in [2.75, 3.05) is 7.11 Å². The lowest BCUT2D eigenvalue weighted by molar-refractivity contribution is -0.168. The fourth-order valence-electron chi connectivity index (χ4n) is 3.55. The number of ether oxygens (including phenoxy) is 1. The average Bonchev–Trinajstić information content (AvgIpc) is 2.81. The average molecular weight is 344 g/mol. The molecule has 0 spiro atoms. The Balaban J connectivity index is 2.15. The zero-order chi connectivity index (χ0) is 18.0. The van der Waals surface area contributed by atoms with Crippen LogP contribution in [0.15, 0.2) is 0 Å². The van der Waals surface area contributed by atoms with Gasteiger partial charge in [-0.05, 0) is 6.42 Å². The number of methoxy groups -OCH3 is 1. The smallest absolute Gasteiger partial charge is 0.177 e. The van der Waals surface area contributed by atoms with Gasteiger partial charge in [0.2, 0.25) is 0 Å². The van der Waals surface area contributed by atoms with E-state index in [-0.39, 0.29) is 6.42 Å². The molecular weight excluding hydrogens is 308 g/mol. The summed E-state index contributed by atoms with van der Waals surface area (Å²) in [6.45, 7) is 2.22. The third kappa shape index (κ3) is 5.80. The third-order valence-corrected chi connectivity index (χ3v) is 5.28. The van der Waals surface area contributed by atoms with E-state index < -0.39 is 29.7 Å². The SMILES string of the molecule is CCCCCCCCCCCC[C@H](O)[C@@]1(O)C(=O)C[C@H](OC)[C@H]1O. The number of aliphatic hydroxyl groups is 3. The first kappa shape index (κ1) is 21.6. The van der Waals surface area contributed by atoms with E-state index in [2.05, 4.69) is 6.92 Å². The zero-order valence-corrected chi connectivity index (χ0v) is 15.4. The first-order chi connectivity index (χ1) is 11.5. The van der Waals surface area contributed by atoms with Crippen molar-refractivity contribution in [1.82, 2.24) is 0 Å². The van der Waals surface area contributed by atoms with Crippen LogP contribution in [0.25, 0.3) is 0 Å². The summed E-state index contributed by atoms with van der Waals surface area (Å²) in [5.41, 5.74) is -2.07. The number of ketones is 1. The van der Waals surface area contributed by atoms with Crippen LogP contribution >= 0.6 is 0 Å². The Hall–Kier alpha value is -0.490. The minimum absolute atomic E-state index is 0.0523. The number of aliphatic hydroxyl groups excluding tert-OH is 2. The van der Waals surface area contributed by atoms with Gasteiger partial charge in [-0.15, -0.1) is 0 Å². The molecule has 1 fully saturated rings. The molecule has 0 heterocycles. The first-order valence-corrected chi connectivity index (χ1v) is 9.63. The molecule has 0 radical (unpaired) electrons. The fourth-order valence-corrected chi connectivity index (χ4v) is 3.55. The van der Waals surface area contributed by atoms with Crippen LogP contribution in [-0.4, -0.2) is 52.1 Å². The fraction of sp³-hybridized carbons (Fsp3) is 0.947. The molecule has 3 N–H and O–H groups in total. The molecule has 0 aliphatic heterocycles. The maximum absolute atomic E-state index is 11.9. The van der Waals surface area contributed by atoms with Crippen LogP contribution in [-0.2, 0) is 9.53 Å². The van der Waals surface area contributed by atoms with E-state index in [0.29, 0.717) is 6.42 Å². The summed E-state index contributed by atoms with van der Waals surface area (Å²) in [6.07, 6.45) is 8.78. The number of unbranched alkanes of at least 4 members (excludes halogenated alkanes) is 9. The van der Waals surface area contributed by atoms with E-state index in [0.717, 1.165) is 19.3 Å². The number of hydrogen-bond acceptors (Lipinski definition) is 5. The number of carbonyl (C=O) groups excluding carboxylic acids is 1. The summed E-state index contributed by atoms with van der Waals surface area (Å²) < 4.78 is 5.00. The molecule has 0 amide bonds. The van der Waals surface area contributed by atoms with Crippen LogP contribution in [0.2, 0.25) is 0 Å². The Morgan fingerprint density at radius 2 is 1.58 bits per heavy atom. The summed E-state index contributed by atoms with van der Waals surface area (Å²) in [5, 5.41) is 30.7. The Labute approximate surface area is 146 Å². The summed E-state index contributed by atoms with van der Waals surface area (Å²) in [4.78, 5) is 11.9. The quantitative estimate of drug-likeness (QED) is 0.447. The minimum Gasteiger partial charge on any atom is -0.390 e. The lowest BCUT2D eigenvalue weighted by Gasteiger charge is -2.31. The normalized spacial score (nSPS) is 28.5. The molecule has 1 aliphatic carbocycles. The standard InChI is InChI=1S/C19H36O5/c1-3-4-5-6-7-8-9-10-11-12-13-16(20)19(23)17(21)14-15(24-2)18(19)22/h15-16,18,20,22-23H,3-14H2,1-2H3/t15-,16-,18+,19+/m0/s1. The van der Waals surface area contributed by atoms with Crippen LogP contribution in [0.3, 0.4) is 0 Å². The third-order valence-electron chi connectivity index (χ3n) is 5.28. The summed E-state index contributed by atoms with van der Waals surface area (Å²) in [6, 6.07) is 0. The highest BCUT2D eigenvalue weighted by Gasteiger charge is 2.57. The molecule has 0 bridgehead atoms. The molecule has 142 valence electrons. The van der Waals surface area contributed by atoms with Crippen molar-refractivity contribution in [1.29, 1.82) is 0 Å². The molecule has 1 saturated carbocycles. The van der Waals surface area contributed by atoms with Crippen molar-refractivity contribution in [2.45, 2.75) is 108 Å². The number of rotatable bonds is 13. The Morgan fingerprint density at radius 3 is 2.04 bits per heavy atom. The highest BCUT2D eigenvalue weighted by atomic mass is 16.5. The lowest BCUT2D eigenvalue weighted by atomic mass is 9.88. The molecule has 0 aromatic carbocycles. The largest absolute Gasteiger partial charge is 0.390 e. The van der Waals surface area contributed by atoms with Gasteiger partial charge in [0, 0.05) is 13.5 Å². The van der Waals surface area contributed by atoms with E-state index in [1.165, 1.54) is 52.1 Å². The molecule has 4 atom stereocenters. The van der Waals surface area contributed by atoms with E-state index >= 15 is 0 Å². The molecule has 5 nitrogen and oxygen atoms in total. The van der Waals surface area contributed by atoms with Crippen LogP contribution < -0.4 is 0 Å². The molecular formula is C19H36O5. The summed E-state index contributed by atoms with van der Waals surface area (Å²) >= 11 is 0. The van der Waals surface area contributed by atoms with Crippen LogP contribution in [0, 0.1) is 0 Å². The van der Waals surface area contributed by atoms with Gasteiger partial charge in [0.1, 0.15) is 6.10 Å². The van der Waals surface area contributed by atoms with Gasteiger partial charge in [0.05, 0.1) is 12.2 Å². The zero-order valence-electron chi connectivity index (χ0n) is 15.4. The Kier molecular flexibility index (Phi) is 10.0. The predicted molar refractivity (Wildman–Crippen MR) is 93.8 cm³/mol. The van der Waals surface area contributed by atoms with Crippen molar-refractivity contribution in [3.05, 3.63) is 0 Å². The monoisotopic (exact) mass is 344 g/mol. The molecule has 24 heavy (non-hydrogen) atoms. The summed E-state index contributed by atoms with van der Waals surface area (Å²) in [7, 11) is 1.39. The van der Waals surface area contributed by atoms with E-state index in [1.54, 1.807) is 0 Å². The second kappa shape index (κ2) is 11.2. The molecule has 0 saturated heterocycles. The van der Waals surface area contributed by atoms with Gasteiger partial charge in [-0.1, -0.05) is 71.1 Å². The van der Waals surface area contributed by atoms with Gasteiger partial charge >= 0.3 is 0 Å². The van der Waals surface area contributed by atoms with Gasteiger partial charge in [-0.25, -0.2) is 0 Å². The predicted octanol–water partition coefficient (Wildman–Crippen LogP) is 2.74. The maximum atomic E-state index is 11.9.